The third-order valence-corrected chi connectivity index (χ3v) is 6.65. The van der Waals surface area contributed by atoms with Crippen LogP contribution in [-0.2, 0) is 32.0 Å². The molecule has 0 bridgehead atoms. The van der Waals surface area contributed by atoms with E-state index in [1.54, 1.807) is 0 Å². The highest BCUT2D eigenvalue weighted by Gasteiger charge is 2.31. The highest BCUT2D eigenvalue weighted by molar-refractivity contribution is 5.84. The number of nitrogens with two attached hydrogens (primary N) is 2. The summed E-state index contributed by atoms with van der Waals surface area (Å²) in [6, 6.07) is 11.1. The van der Waals surface area contributed by atoms with Crippen LogP contribution < -0.4 is 22.1 Å². The fourth-order valence-electron chi connectivity index (χ4n) is 4.24. The van der Waals surface area contributed by atoms with E-state index in [9.17, 15) is 23.2 Å². The summed E-state index contributed by atoms with van der Waals surface area (Å²) in [4.78, 5) is 38.1. The van der Waals surface area contributed by atoms with Gasteiger partial charge in [0.05, 0.1) is 6.04 Å². The van der Waals surface area contributed by atoms with Crippen molar-refractivity contribution in [3.63, 3.8) is 0 Å². The van der Waals surface area contributed by atoms with Crippen molar-refractivity contribution in [3.8, 4) is 0 Å². The maximum Gasteiger partial charge on any atom is 0.306 e. The number of hydrogen-bond acceptors (Lipinski definition) is 6. The van der Waals surface area contributed by atoms with Gasteiger partial charge in [0.25, 0.3) is 5.91 Å². The minimum Gasteiger partial charge on any atom is -0.451 e. The van der Waals surface area contributed by atoms with Gasteiger partial charge in [-0.1, -0.05) is 63.9 Å². The standard InChI is InChI=1S/C31H44F2N4O4/c1-4-5-7-12-28(39)41-29(26(35)15-21-10-8-6-9-11-21)30(40)37-20-31(2,3)19-36-27(38)18-24(34)17-22-16-23(32)13-14-25(22)33/h6,8-11,13-14,16,24,26,29H,4-5,7,12,15,17-20,34-35H2,1-3H3,(H,36,38)(H,37,40). The molecule has 0 spiro atoms. The zero-order valence-electron chi connectivity index (χ0n) is 24.3. The molecule has 3 atom stereocenters. The maximum atomic E-state index is 13.9. The van der Waals surface area contributed by atoms with Gasteiger partial charge in [-0.15, -0.1) is 0 Å². The molecule has 0 fully saturated rings. The molecule has 2 rings (SSSR count). The Morgan fingerprint density at radius 3 is 2.32 bits per heavy atom. The average Bonchev–Trinajstić information content (AvgIpc) is 2.92. The van der Waals surface area contributed by atoms with Crippen molar-refractivity contribution in [3.05, 3.63) is 71.3 Å². The van der Waals surface area contributed by atoms with Crippen molar-refractivity contribution in [2.75, 3.05) is 13.1 Å². The Labute approximate surface area is 241 Å². The van der Waals surface area contributed by atoms with E-state index in [1.165, 1.54) is 0 Å². The molecule has 0 aromatic heterocycles. The molecular formula is C31H44F2N4O4. The molecule has 10 heteroatoms. The number of benzene rings is 2. The number of carbonyl (C=O) groups excluding carboxylic acids is 3. The Hall–Kier alpha value is -3.37. The Kier molecular flexibility index (Phi) is 13.9. The number of halogens is 2. The topological polar surface area (TPSA) is 137 Å². The molecule has 0 heterocycles. The van der Waals surface area contributed by atoms with Crippen LogP contribution in [0.3, 0.4) is 0 Å². The second-order valence-electron chi connectivity index (χ2n) is 11.3. The molecule has 0 saturated carbocycles. The van der Waals surface area contributed by atoms with Crippen molar-refractivity contribution in [1.29, 1.82) is 0 Å². The quantitative estimate of drug-likeness (QED) is 0.169. The van der Waals surface area contributed by atoms with Gasteiger partial charge < -0.3 is 26.8 Å². The number of rotatable bonds is 17. The van der Waals surface area contributed by atoms with Crippen molar-refractivity contribution in [2.45, 2.75) is 83.9 Å². The van der Waals surface area contributed by atoms with E-state index in [0.717, 1.165) is 36.6 Å². The van der Waals surface area contributed by atoms with Crippen molar-refractivity contribution < 1.29 is 27.9 Å². The van der Waals surface area contributed by atoms with Crippen LogP contribution in [0.25, 0.3) is 0 Å². The number of amides is 2. The van der Waals surface area contributed by atoms with Crippen LogP contribution in [0.5, 0.6) is 0 Å². The highest BCUT2D eigenvalue weighted by atomic mass is 19.1. The third-order valence-electron chi connectivity index (χ3n) is 6.65. The minimum atomic E-state index is -1.17. The molecule has 2 amide bonds. The fraction of sp³-hybridized carbons (Fsp3) is 0.516. The van der Waals surface area contributed by atoms with Crippen molar-refractivity contribution in [2.24, 2.45) is 16.9 Å². The average molecular weight is 575 g/mol. The summed E-state index contributed by atoms with van der Waals surface area (Å²) in [7, 11) is 0. The van der Waals surface area contributed by atoms with Crippen LogP contribution in [0.4, 0.5) is 8.78 Å². The van der Waals surface area contributed by atoms with E-state index in [0.29, 0.717) is 12.8 Å². The second kappa shape index (κ2) is 16.8. The molecule has 2 aromatic carbocycles. The summed E-state index contributed by atoms with van der Waals surface area (Å²) in [5.74, 6) is -2.47. The predicted octanol–water partition coefficient (Wildman–Crippen LogP) is 3.55. The number of carbonyl (C=O) groups is 3. The lowest BCUT2D eigenvalue weighted by Gasteiger charge is -2.28. The predicted molar refractivity (Wildman–Crippen MR) is 155 cm³/mol. The molecule has 0 aliphatic heterocycles. The Morgan fingerprint density at radius 1 is 0.951 bits per heavy atom. The van der Waals surface area contributed by atoms with Gasteiger partial charge >= 0.3 is 5.97 Å². The lowest BCUT2D eigenvalue weighted by atomic mass is 9.92. The van der Waals surface area contributed by atoms with E-state index in [1.807, 2.05) is 51.1 Å². The van der Waals surface area contributed by atoms with Gasteiger partial charge in [-0.3, -0.25) is 14.4 Å². The van der Waals surface area contributed by atoms with Gasteiger partial charge in [0.1, 0.15) is 11.6 Å². The smallest absolute Gasteiger partial charge is 0.306 e. The van der Waals surface area contributed by atoms with Crippen LogP contribution in [0.2, 0.25) is 0 Å². The first-order valence-electron chi connectivity index (χ1n) is 14.1. The highest BCUT2D eigenvalue weighted by Crippen LogP contribution is 2.15. The van der Waals surface area contributed by atoms with Gasteiger partial charge in [-0.05, 0) is 54.0 Å². The summed E-state index contributed by atoms with van der Waals surface area (Å²) in [5.41, 5.74) is 12.8. The zero-order chi connectivity index (χ0) is 30.4. The van der Waals surface area contributed by atoms with E-state index in [2.05, 4.69) is 10.6 Å². The molecule has 41 heavy (non-hydrogen) atoms. The first kappa shape index (κ1) is 33.8. The molecule has 226 valence electrons. The largest absolute Gasteiger partial charge is 0.451 e. The fourth-order valence-corrected chi connectivity index (χ4v) is 4.24. The number of hydrogen-bond donors (Lipinski definition) is 4. The summed E-state index contributed by atoms with van der Waals surface area (Å²) in [6.07, 6.45) is 1.83. The first-order chi connectivity index (χ1) is 19.4. The summed E-state index contributed by atoms with van der Waals surface area (Å²) in [6.45, 7) is 6.12. The van der Waals surface area contributed by atoms with Gasteiger partial charge in [0.15, 0.2) is 6.10 Å². The second-order valence-corrected chi connectivity index (χ2v) is 11.3. The monoisotopic (exact) mass is 574 g/mol. The molecule has 2 aromatic rings. The van der Waals surface area contributed by atoms with E-state index < -0.39 is 47.1 Å². The number of unbranched alkanes of at least 4 members (excludes halogenated alkanes) is 2. The normalized spacial score (nSPS) is 13.6. The van der Waals surface area contributed by atoms with Crippen LogP contribution in [0, 0.1) is 17.0 Å². The molecule has 0 aliphatic carbocycles. The van der Waals surface area contributed by atoms with E-state index in [-0.39, 0.29) is 43.8 Å². The minimum absolute atomic E-state index is 0.0122. The molecule has 0 aliphatic rings. The lowest BCUT2D eigenvalue weighted by Crippen LogP contribution is -2.52. The summed E-state index contributed by atoms with van der Waals surface area (Å²) >= 11 is 0. The number of nitrogens with one attached hydrogen (secondary N) is 2. The first-order valence-corrected chi connectivity index (χ1v) is 14.1. The van der Waals surface area contributed by atoms with Gasteiger partial charge in [0, 0.05) is 32.0 Å². The molecule has 3 unspecified atom stereocenters. The zero-order valence-corrected chi connectivity index (χ0v) is 24.3. The molecular weight excluding hydrogens is 530 g/mol. The van der Waals surface area contributed by atoms with Crippen molar-refractivity contribution >= 4 is 17.8 Å². The number of esters is 1. The van der Waals surface area contributed by atoms with Gasteiger partial charge in [-0.25, -0.2) is 8.78 Å². The third kappa shape index (κ3) is 12.8. The lowest BCUT2D eigenvalue weighted by molar-refractivity contribution is -0.157. The van der Waals surface area contributed by atoms with Crippen LogP contribution in [0.15, 0.2) is 48.5 Å². The Balaban J connectivity index is 1.90. The van der Waals surface area contributed by atoms with Crippen LogP contribution in [-0.4, -0.2) is 49.1 Å². The summed E-state index contributed by atoms with van der Waals surface area (Å²) < 4.78 is 32.8. The van der Waals surface area contributed by atoms with Gasteiger partial charge in [0.2, 0.25) is 5.91 Å². The van der Waals surface area contributed by atoms with Crippen molar-refractivity contribution in [1.82, 2.24) is 10.6 Å². The van der Waals surface area contributed by atoms with Crippen LogP contribution in [0.1, 0.15) is 64.0 Å². The maximum absolute atomic E-state index is 13.9. The van der Waals surface area contributed by atoms with Crippen LogP contribution >= 0.6 is 0 Å². The van der Waals surface area contributed by atoms with Gasteiger partial charge in [-0.2, -0.15) is 0 Å². The molecule has 0 saturated heterocycles. The van der Waals surface area contributed by atoms with E-state index >= 15 is 0 Å². The molecule has 6 N–H and O–H groups in total. The molecule has 0 radical (unpaired) electrons. The SMILES string of the molecule is CCCCCC(=O)OC(C(=O)NCC(C)(C)CNC(=O)CC(N)Cc1cc(F)ccc1F)C(N)Cc1ccccc1. The number of ether oxygens (including phenoxy) is 1. The summed E-state index contributed by atoms with van der Waals surface area (Å²) in [5, 5.41) is 5.61. The van der Waals surface area contributed by atoms with E-state index in [4.69, 9.17) is 16.2 Å². The Morgan fingerprint density at radius 2 is 1.63 bits per heavy atom. The molecule has 8 nitrogen and oxygen atoms in total. The Bertz CT molecular complexity index is 1130.